The first-order chi connectivity index (χ1) is 11.3. The molecular formula is C18H24N4O. The van der Waals surface area contributed by atoms with Gasteiger partial charge in [0.25, 0.3) is 0 Å². The van der Waals surface area contributed by atoms with E-state index in [2.05, 4.69) is 38.6 Å². The molecule has 0 amide bonds. The van der Waals surface area contributed by atoms with Gasteiger partial charge in [0.2, 0.25) is 0 Å². The highest BCUT2D eigenvalue weighted by molar-refractivity contribution is 5.37. The highest BCUT2D eigenvalue weighted by atomic mass is 16.5. The summed E-state index contributed by atoms with van der Waals surface area (Å²) in [6, 6.07) is 12.7. The van der Waals surface area contributed by atoms with Gasteiger partial charge in [0.05, 0.1) is 6.61 Å². The predicted octanol–water partition coefficient (Wildman–Crippen LogP) is 2.63. The van der Waals surface area contributed by atoms with E-state index in [1.165, 1.54) is 18.4 Å². The van der Waals surface area contributed by atoms with E-state index in [0.29, 0.717) is 12.6 Å². The lowest BCUT2D eigenvalue weighted by Crippen LogP contribution is -2.45. The third-order valence-electron chi connectivity index (χ3n) is 4.11. The summed E-state index contributed by atoms with van der Waals surface area (Å²) in [5, 5.41) is 11.9. The predicted molar refractivity (Wildman–Crippen MR) is 91.7 cm³/mol. The van der Waals surface area contributed by atoms with E-state index in [1.54, 1.807) is 6.20 Å². The third kappa shape index (κ3) is 4.42. The summed E-state index contributed by atoms with van der Waals surface area (Å²) in [7, 11) is 0. The van der Waals surface area contributed by atoms with E-state index < -0.39 is 0 Å². The number of aromatic nitrogens is 2. The van der Waals surface area contributed by atoms with Crippen molar-refractivity contribution in [3.63, 3.8) is 0 Å². The number of piperidine rings is 1. The Bertz CT molecular complexity index is 605. The maximum Gasteiger partial charge on any atom is 0.151 e. The van der Waals surface area contributed by atoms with E-state index in [0.717, 1.165) is 31.2 Å². The average molecular weight is 312 g/mol. The summed E-state index contributed by atoms with van der Waals surface area (Å²) in [6.45, 7) is 5.60. The lowest BCUT2D eigenvalue weighted by atomic mass is 10.1. The van der Waals surface area contributed by atoms with Crippen molar-refractivity contribution in [2.75, 3.05) is 24.6 Å². The standard InChI is InChI=1S/C18H24N4O/c1-2-23-17-8-3-6-15(12-17)13-19-16-7-5-11-22(14-16)18-9-4-10-20-21-18/h3-4,6,8-10,12,16,19H,2,5,7,11,13-14H2,1H3. The Hall–Kier alpha value is -2.14. The van der Waals surface area contributed by atoms with Crippen molar-refractivity contribution >= 4 is 5.82 Å². The van der Waals surface area contributed by atoms with Gasteiger partial charge in [-0.15, -0.1) is 5.10 Å². The van der Waals surface area contributed by atoms with Crippen LogP contribution in [-0.4, -0.2) is 35.9 Å². The lowest BCUT2D eigenvalue weighted by Gasteiger charge is -2.33. The molecule has 1 aromatic carbocycles. The van der Waals surface area contributed by atoms with Crippen molar-refractivity contribution in [1.82, 2.24) is 15.5 Å². The first-order valence-electron chi connectivity index (χ1n) is 8.33. The molecule has 2 aromatic rings. The summed E-state index contributed by atoms with van der Waals surface area (Å²) >= 11 is 0. The molecule has 1 aliphatic rings. The Labute approximate surface area is 137 Å². The van der Waals surface area contributed by atoms with Crippen LogP contribution in [0.5, 0.6) is 5.75 Å². The minimum absolute atomic E-state index is 0.474. The molecule has 0 aliphatic carbocycles. The van der Waals surface area contributed by atoms with Crippen molar-refractivity contribution in [2.45, 2.75) is 32.4 Å². The minimum atomic E-state index is 0.474. The van der Waals surface area contributed by atoms with Crippen LogP contribution in [0, 0.1) is 0 Å². The number of hydrogen-bond donors (Lipinski definition) is 1. The van der Waals surface area contributed by atoms with Gasteiger partial charge >= 0.3 is 0 Å². The molecule has 1 aromatic heterocycles. The van der Waals surface area contributed by atoms with Crippen molar-refractivity contribution in [3.05, 3.63) is 48.2 Å². The van der Waals surface area contributed by atoms with Gasteiger partial charge in [-0.3, -0.25) is 0 Å². The van der Waals surface area contributed by atoms with E-state index in [-0.39, 0.29) is 0 Å². The number of benzene rings is 1. The zero-order valence-corrected chi connectivity index (χ0v) is 13.6. The third-order valence-corrected chi connectivity index (χ3v) is 4.11. The lowest BCUT2D eigenvalue weighted by molar-refractivity contribution is 0.339. The Morgan fingerprint density at radius 2 is 2.26 bits per heavy atom. The second kappa shape index (κ2) is 7.92. The minimum Gasteiger partial charge on any atom is -0.494 e. The molecule has 3 rings (SSSR count). The largest absolute Gasteiger partial charge is 0.494 e. The van der Waals surface area contributed by atoms with Crippen LogP contribution < -0.4 is 15.0 Å². The van der Waals surface area contributed by atoms with E-state index in [4.69, 9.17) is 4.74 Å². The summed E-state index contributed by atoms with van der Waals surface area (Å²) in [4.78, 5) is 2.31. The Kier molecular flexibility index (Phi) is 5.42. The molecule has 5 nitrogen and oxygen atoms in total. The summed E-state index contributed by atoms with van der Waals surface area (Å²) in [5.41, 5.74) is 1.26. The maximum atomic E-state index is 5.56. The van der Waals surface area contributed by atoms with E-state index in [9.17, 15) is 0 Å². The van der Waals surface area contributed by atoms with Crippen LogP contribution in [0.1, 0.15) is 25.3 Å². The number of anilines is 1. The van der Waals surface area contributed by atoms with Crippen LogP contribution in [0.15, 0.2) is 42.6 Å². The van der Waals surface area contributed by atoms with Crippen molar-refractivity contribution in [2.24, 2.45) is 0 Å². The highest BCUT2D eigenvalue weighted by Crippen LogP contribution is 2.18. The van der Waals surface area contributed by atoms with Gasteiger partial charge in [0.1, 0.15) is 5.75 Å². The smallest absolute Gasteiger partial charge is 0.151 e. The molecule has 1 atom stereocenters. The molecule has 0 bridgehead atoms. The molecule has 122 valence electrons. The molecule has 1 saturated heterocycles. The second-order valence-corrected chi connectivity index (χ2v) is 5.83. The quantitative estimate of drug-likeness (QED) is 0.888. The summed E-state index contributed by atoms with van der Waals surface area (Å²) in [5.74, 6) is 1.91. The fourth-order valence-corrected chi connectivity index (χ4v) is 2.99. The zero-order valence-electron chi connectivity index (χ0n) is 13.6. The van der Waals surface area contributed by atoms with Gasteiger partial charge in [-0.2, -0.15) is 5.10 Å². The maximum absolute atomic E-state index is 5.56. The Morgan fingerprint density at radius 3 is 3.09 bits per heavy atom. The SMILES string of the molecule is CCOc1cccc(CNC2CCCN(c3cccnn3)C2)c1. The van der Waals surface area contributed by atoms with Crippen LogP contribution in [-0.2, 0) is 6.54 Å². The summed E-state index contributed by atoms with van der Waals surface area (Å²) in [6.07, 6.45) is 4.09. The van der Waals surface area contributed by atoms with Gasteiger partial charge in [-0.25, -0.2) is 0 Å². The fraction of sp³-hybridized carbons (Fsp3) is 0.444. The number of ether oxygens (including phenoxy) is 1. The van der Waals surface area contributed by atoms with Crippen LogP contribution >= 0.6 is 0 Å². The molecule has 0 spiro atoms. The molecule has 1 unspecified atom stereocenters. The van der Waals surface area contributed by atoms with Crippen LogP contribution in [0.4, 0.5) is 5.82 Å². The molecule has 0 radical (unpaired) electrons. The molecular weight excluding hydrogens is 288 g/mol. The first-order valence-corrected chi connectivity index (χ1v) is 8.33. The van der Waals surface area contributed by atoms with Crippen LogP contribution in [0.3, 0.4) is 0 Å². The monoisotopic (exact) mass is 312 g/mol. The van der Waals surface area contributed by atoms with Gasteiger partial charge in [-0.05, 0) is 49.6 Å². The molecule has 1 fully saturated rings. The van der Waals surface area contributed by atoms with Gasteiger partial charge in [-0.1, -0.05) is 12.1 Å². The average Bonchev–Trinajstić information content (AvgIpc) is 2.62. The Morgan fingerprint density at radius 1 is 1.30 bits per heavy atom. The number of rotatable bonds is 6. The second-order valence-electron chi connectivity index (χ2n) is 5.83. The van der Waals surface area contributed by atoms with Gasteiger partial charge < -0.3 is 15.0 Å². The molecule has 1 N–H and O–H groups in total. The number of nitrogens with one attached hydrogen (secondary N) is 1. The zero-order chi connectivity index (χ0) is 15.9. The molecule has 5 heteroatoms. The first kappa shape index (κ1) is 15.7. The van der Waals surface area contributed by atoms with Gasteiger partial charge in [0, 0.05) is 31.9 Å². The molecule has 0 saturated carbocycles. The van der Waals surface area contributed by atoms with E-state index >= 15 is 0 Å². The number of hydrogen-bond acceptors (Lipinski definition) is 5. The van der Waals surface area contributed by atoms with Crippen molar-refractivity contribution in [3.8, 4) is 5.75 Å². The van der Waals surface area contributed by atoms with Crippen LogP contribution in [0.2, 0.25) is 0 Å². The van der Waals surface area contributed by atoms with Crippen molar-refractivity contribution in [1.29, 1.82) is 0 Å². The van der Waals surface area contributed by atoms with Crippen LogP contribution in [0.25, 0.3) is 0 Å². The number of nitrogens with zero attached hydrogens (tertiary/aromatic N) is 3. The highest BCUT2D eigenvalue weighted by Gasteiger charge is 2.20. The topological polar surface area (TPSA) is 50.3 Å². The van der Waals surface area contributed by atoms with E-state index in [1.807, 2.05) is 25.1 Å². The van der Waals surface area contributed by atoms with Gasteiger partial charge in [0.15, 0.2) is 5.82 Å². The van der Waals surface area contributed by atoms with Crippen molar-refractivity contribution < 1.29 is 4.74 Å². The normalized spacial score (nSPS) is 18.0. The molecule has 23 heavy (non-hydrogen) atoms. The summed E-state index contributed by atoms with van der Waals surface area (Å²) < 4.78 is 5.56. The fourth-order valence-electron chi connectivity index (χ4n) is 2.99. The Balaban J connectivity index is 1.55. The molecule has 1 aliphatic heterocycles. The molecule has 2 heterocycles.